The lowest BCUT2D eigenvalue weighted by molar-refractivity contribution is -0.276. The summed E-state index contributed by atoms with van der Waals surface area (Å²) in [7, 11) is -3.62. The maximum absolute atomic E-state index is 12.8. The van der Waals surface area contributed by atoms with Crippen LogP contribution in [0.5, 0.6) is 0 Å². The minimum atomic E-state index is -3.62. The van der Waals surface area contributed by atoms with E-state index in [9.17, 15) is 13.5 Å². The van der Waals surface area contributed by atoms with E-state index in [1.54, 1.807) is 30.3 Å². The lowest BCUT2D eigenvalue weighted by Gasteiger charge is -2.43. The molecule has 48 heavy (non-hydrogen) atoms. The first-order valence-corrected chi connectivity index (χ1v) is 18.4. The Kier molecular flexibility index (Phi) is 11.2. The van der Waals surface area contributed by atoms with Gasteiger partial charge in [0.15, 0.2) is 6.29 Å². The summed E-state index contributed by atoms with van der Waals surface area (Å²) in [6, 6.07) is 33.1. The highest BCUT2D eigenvalue weighted by Gasteiger charge is 2.40. The number of benzene rings is 4. The van der Waals surface area contributed by atoms with E-state index in [0.717, 1.165) is 46.5 Å². The number of nitrogens with zero attached hydrogens (tertiary/aromatic N) is 1. The Morgan fingerprint density at radius 1 is 0.854 bits per heavy atom. The van der Waals surface area contributed by atoms with Crippen molar-refractivity contribution in [1.82, 2.24) is 9.62 Å². The van der Waals surface area contributed by atoms with Gasteiger partial charge in [-0.3, -0.25) is 4.90 Å². The molecule has 0 bridgehead atoms. The summed E-state index contributed by atoms with van der Waals surface area (Å²) >= 11 is 0. The number of ether oxygens (including phenoxy) is 2. The lowest BCUT2D eigenvalue weighted by atomic mass is 9.89. The molecule has 2 aliphatic rings. The number of sulfonamides is 1. The van der Waals surface area contributed by atoms with Gasteiger partial charge in [-0.1, -0.05) is 105 Å². The molecule has 1 heterocycles. The van der Waals surface area contributed by atoms with Crippen LogP contribution in [0.25, 0.3) is 11.1 Å². The van der Waals surface area contributed by atoms with Crippen molar-refractivity contribution in [2.75, 3.05) is 13.1 Å². The number of aliphatic hydroxyl groups is 1. The molecule has 7 nitrogen and oxygen atoms in total. The molecule has 0 radical (unpaired) electrons. The zero-order valence-electron chi connectivity index (χ0n) is 27.6. The van der Waals surface area contributed by atoms with Gasteiger partial charge in [0.2, 0.25) is 10.0 Å². The normalized spacial score (nSPS) is 21.8. The minimum Gasteiger partial charge on any atom is -0.392 e. The van der Waals surface area contributed by atoms with E-state index in [4.69, 9.17) is 9.47 Å². The molecule has 6 rings (SSSR count). The molecule has 2 fully saturated rings. The number of hydrogen-bond acceptors (Lipinski definition) is 6. The maximum atomic E-state index is 12.8. The van der Waals surface area contributed by atoms with Crippen LogP contribution < -0.4 is 4.72 Å². The van der Waals surface area contributed by atoms with Crippen LogP contribution in [0.15, 0.2) is 121 Å². The zero-order valence-corrected chi connectivity index (χ0v) is 28.4. The first-order valence-electron chi connectivity index (χ1n) is 16.9. The van der Waals surface area contributed by atoms with E-state index in [2.05, 4.69) is 47.4 Å². The van der Waals surface area contributed by atoms with E-state index in [-0.39, 0.29) is 36.2 Å². The SMILES string of the molecule is C=CCN(CC1OC(c2cccc(-c3cccc(CNS(=O)(=O)c4ccccc4)c3)c2)OC(c2ccc(CO)cc2)C1C)C1CCCC1. The molecule has 8 heteroatoms. The van der Waals surface area contributed by atoms with Gasteiger partial charge >= 0.3 is 0 Å². The second-order valence-corrected chi connectivity index (χ2v) is 14.7. The van der Waals surface area contributed by atoms with Crippen molar-refractivity contribution in [1.29, 1.82) is 0 Å². The summed E-state index contributed by atoms with van der Waals surface area (Å²) in [4.78, 5) is 2.77. The largest absolute Gasteiger partial charge is 0.392 e. The fourth-order valence-corrected chi connectivity index (χ4v) is 7.99. The first kappa shape index (κ1) is 34.2. The molecule has 2 N–H and O–H groups in total. The van der Waals surface area contributed by atoms with Crippen molar-refractivity contribution in [3.63, 3.8) is 0 Å². The Labute approximate surface area is 285 Å². The molecule has 0 aromatic heterocycles. The van der Waals surface area contributed by atoms with Crippen molar-refractivity contribution in [2.24, 2.45) is 5.92 Å². The summed E-state index contributed by atoms with van der Waals surface area (Å²) < 4.78 is 42.0. The van der Waals surface area contributed by atoms with Gasteiger partial charge in [-0.25, -0.2) is 13.1 Å². The maximum Gasteiger partial charge on any atom is 0.240 e. The third kappa shape index (κ3) is 8.14. The molecule has 252 valence electrons. The monoisotopic (exact) mass is 666 g/mol. The van der Waals surface area contributed by atoms with Crippen molar-refractivity contribution in [3.05, 3.63) is 138 Å². The number of hydrogen-bond donors (Lipinski definition) is 2. The van der Waals surface area contributed by atoms with Crippen LogP contribution in [0.4, 0.5) is 0 Å². The zero-order chi connectivity index (χ0) is 33.5. The molecule has 1 saturated heterocycles. The molecular weight excluding hydrogens is 621 g/mol. The van der Waals surface area contributed by atoms with Crippen LogP contribution in [0.1, 0.15) is 67.3 Å². The second kappa shape index (κ2) is 15.7. The standard InChI is InChI=1S/C40H46N2O5S/c1-3-23-42(36-15-7-8-16-36)27-38-29(2)39(32-21-19-30(28-43)20-22-32)47-40(46-38)35-14-10-13-34(25-35)33-12-9-11-31(24-33)26-41-48(44,45)37-17-5-4-6-18-37/h3-6,9-14,17-22,24-25,29,36,38-41,43H,1,7-8,15-16,23,26-28H2,2H3. The van der Waals surface area contributed by atoms with E-state index in [0.29, 0.717) is 6.04 Å². The molecule has 1 saturated carbocycles. The van der Waals surface area contributed by atoms with Gasteiger partial charge < -0.3 is 14.6 Å². The third-order valence-electron chi connectivity index (χ3n) is 9.68. The average molecular weight is 667 g/mol. The molecule has 1 aliphatic carbocycles. The molecule has 4 aromatic rings. The van der Waals surface area contributed by atoms with Gasteiger partial charge in [-0.2, -0.15) is 0 Å². The van der Waals surface area contributed by atoms with E-state index in [1.165, 1.54) is 25.7 Å². The fraction of sp³-hybridized carbons (Fsp3) is 0.350. The summed E-state index contributed by atoms with van der Waals surface area (Å²) in [5.41, 5.74) is 5.68. The summed E-state index contributed by atoms with van der Waals surface area (Å²) in [5.74, 6) is 0.0921. The van der Waals surface area contributed by atoms with Crippen LogP contribution in [0.2, 0.25) is 0 Å². The molecule has 4 unspecified atom stereocenters. The Morgan fingerprint density at radius 3 is 2.27 bits per heavy atom. The Balaban J connectivity index is 1.25. The second-order valence-electron chi connectivity index (χ2n) is 13.0. The molecule has 0 amide bonds. The molecule has 4 atom stereocenters. The summed E-state index contributed by atoms with van der Waals surface area (Å²) in [5, 5.41) is 9.63. The predicted molar refractivity (Wildman–Crippen MR) is 189 cm³/mol. The first-order chi connectivity index (χ1) is 23.3. The number of rotatable bonds is 13. The topological polar surface area (TPSA) is 88.1 Å². The number of aliphatic hydroxyl groups excluding tert-OH is 1. The Hall–Kier alpha value is -3.63. The predicted octanol–water partition coefficient (Wildman–Crippen LogP) is 7.55. The summed E-state index contributed by atoms with van der Waals surface area (Å²) in [6.07, 6.45) is 6.08. The van der Waals surface area contributed by atoms with Crippen LogP contribution >= 0.6 is 0 Å². The smallest absolute Gasteiger partial charge is 0.240 e. The highest BCUT2D eigenvalue weighted by atomic mass is 32.2. The van der Waals surface area contributed by atoms with Gasteiger partial charge in [-0.15, -0.1) is 6.58 Å². The quantitative estimate of drug-likeness (QED) is 0.143. The lowest BCUT2D eigenvalue weighted by Crippen LogP contribution is -2.47. The van der Waals surface area contributed by atoms with Crippen LogP contribution in [-0.2, 0) is 32.6 Å². The number of nitrogens with one attached hydrogen (secondary N) is 1. The highest BCUT2D eigenvalue weighted by molar-refractivity contribution is 7.89. The van der Waals surface area contributed by atoms with Crippen LogP contribution in [0.3, 0.4) is 0 Å². The van der Waals surface area contributed by atoms with Gasteiger partial charge in [0, 0.05) is 37.2 Å². The van der Waals surface area contributed by atoms with Crippen molar-refractivity contribution in [3.8, 4) is 11.1 Å². The van der Waals surface area contributed by atoms with Gasteiger partial charge in [-0.05, 0) is 64.9 Å². The third-order valence-corrected chi connectivity index (χ3v) is 11.1. The molecule has 0 spiro atoms. The van der Waals surface area contributed by atoms with Gasteiger partial charge in [0.25, 0.3) is 0 Å². The molecule has 4 aromatic carbocycles. The van der Waals surface area contributed by atoms with E-state index >= 15 is 0 Å². The average Bonchev–Trinajstić information content (AvgIpc) is 3.67. The van der Waals surface area contributed by atoms with E-state index < -0.39 is 16.3 Å². The highest BCUT2D eigenvalue weighted by Crippen LogP contribution is 2.43. The van der Waals surface area contributed by atoms with E-state index in [1.807, 2.05) is 54.6 Å². The van der Waals surface area contributed by atoms with Gasteiger partial charge in [0.05, 0.1) is 23.7 Å². The van der Waals surface area contributed by atoms with Crippen molar-refractivity contribution >= 4 is 10.0 Å². The van der Waals surface area contributed by atoms with Gasteiger partial charge in [0.1, 0.15) is 0 Å². The Bertz CT molecular complexity index is 1760. The molecule has 1 aliphatic heterocycles. The van der Waals surface area contributed by atoms with Crippen LogP contribution in [-0.4, -0.2) is 43.7 Å². The fourth-order valence-electron chi connectivity index (χ4n) is 6.95. The van der Waals surface area contributed by atoms with Crippen molar-refractivity contribution < 1.29 is 23.0 Å². The minimum absolute atomic E-state index is 0.000510. The van der Waals surface area contributed by atoms with Crippen LogP contribution in [0, 0.1) is 5.92 Å². The van der Waals surface area contributed by atoms with Crippen molar-refractivity contribution in [2.45, 2.75) is 75.2 Å². The Morgan fingerprint density at radius 2 is 1.56 bits per heavy atom. The molecular formula is C40H46N2O5S. The summed E-state index contributed by atoms with van der Waals surface area (Å²) in [6.45, 7) is 8.05.